The molecule has 0 fully saturated rings. The van der Waals surface area contributed by atoms with Crippen LogP contribution in [0.1, 0.15) is 25.7 Å². The number of hydrogen-bond acceptors (Lipinski definition) is 7. The number of hydrogen-bond donors (Lipinski definition) is 5. The maximum atomic E-state index is 11.3. The molecule has 0 aromatic carbocycles. The van der Waals surface area contributed by atoms with E-state index < -0.39 is 23.0 Å². The minimum atomic E-state index is -1.09. The summed E-state index contributed by atoms with van der Waals surface area (Å²) in [6.07, 6.45) is 0.833. The van der Waals surface area contributed by atoms with E-state index in [2.05, 4.69) is 15.5 Å². The van der Waals surface area contributed by atoms with Gasteiger partial charge in [-0.1, -0.05) is 0 Å². The normalized spacial score (nSPS) is 11.3. The SMILES string of the molecule is N=C(NCCCC(N)C(=O)O)NC(=O)CCCO[N+](=O)[O-]. The van der Waals surface area contributed by atoms with Crippen molar-refractivity contribution >= 4 is 17.8 Å². The molecule has 120 valence electrons. The van der Waals surface area contributed by atoms with Crippen LogP contribution in [-0.2, 0) is 14.4 Å². The second-order valence-corrected chi connectivity index (χ2v) is 4.10. The van der Waals surface area contributed by atoms with Gasteiger partial charge >= 0.3 is 5.97 Å². The first-order valence-corrected chi connectivity index (χ1v) is 6.21. The summed E-state index contributed by atoms with van der Waals surface area (Å²) in [5.74, 6) is -1.78. The van der Waals surface area contributed by atoms with Crippen LogP contribution in [0.15, 0.2) is 0 Å². The lowest BCUT2D eigenvalue weighted by Gasteiger charge is -2.10. The summed E-state index contributed by atoms with van der Waals surface area (Å²) in [7, 11) is 0. The largest absolute Gasteiger partial charge is 0.480 e. The standard InChI is InChI=1S/C10H19N5O6/c11-7(9(17)18)3-1-5-13-10(12)14-8(16)4-2-6-21-15(19)20/h7H,1-6,11H2,(H,17,18)(H3,12,13,14,16). The van der Waals surface area contributed by atoms with E-state index in [1.54, 1.807) is 0 Å². The number of aliphatic carboxylic acids is 1. The van der Waals surface area contributed by atoms with Crippen molar-refractivity contribution in [2.45, 2.75) is 31.7 Å². The van der Waals surface area contributed by atoms with Gasteiger partial charge in [0.15, 0.2) is 5.96 Å². The summed E-state index contributed by atoms with van der Waals surface area (Å²) in [6.45, 7) is 0.110. The average molecular weight is 305 g/mol. The van der Waals surface area contributed by atoms with Gasteiger partial charge in [0.2, 0.25) is 5.91 Å². The van der Waals surface area contributed by atoms with Crippen LogP contribution >= 0.6 is 0 Å². The first-order chi connectivity index (χ1) is 9.82. The zero-order valence-electron chi connectivity index (χ0n) is 11.3. The predicted molar refractivity (Wildman–Crippen MR) is 70.9 cm³/mol. The third-order valence-corrected chi connectivity index (χ3v) is 2.32. The second-order valence-electron chi connectivity index (χ2n) is 4.10. The molecule has 0 aliphatic carbocycles. The number of guanidine groups is 1. The quantitative estimate of drug-likeness (QED) is 0.110. The number of amides is 1. The van der Waals surface area contributed by atoms with Crippen molar-refractivity contribution in [1.29, 1.82) is 5.41 Å². The van der Waals surface area contributed by atoms with Crippen LogP contribution in [0.2, 0.25) is 0 Å². The van der Waals surface area contributed by atoms with Gasteiger partial charge in [0.1, 0.15) is 6.04 Å². The lowest BCUT2D eigenvalue weighted by Crippen LogP contribution is -2.41. The third-order valence-electron chi connectivity index (χ3n) is 2.32. The number of carbonyl (C=O) groups excluding carboxylic acids is 1. The smallest absolute Gasteiger partial charge is 0.320 e. The van der Waals surface area contributed by atoms with Gasteiger partial charge in [0.25, 0.3) is 5.09 Å². The fraction of sp³-hybridized carbons (Fsp3) is 0.700. The number of nitrogens with two attached hydrogens (primary N) is 1. The Bertz CT molecular complexity index is 388. The summed E-state index contributed by atoms with van der Waals surface area (Å²) in [6, 6.07) is -0.947. The van der Waals surface area contributed by atoms with Gasteiger partial charge in [0.05, 0.1) is 6.61 Å². The Kier molecular flexibility index (Phi) is 9.17. The second kappa shape index (κ2) is 10.4. The highest BCUT2D eigenvalue weighted by molar-refractivity contribution is 5.95. The molecule has 11 nitrogen and oxygen atoms in total. The van der Waals surface area contributed by atoms with Crippen LogP contribution in [0.4, 0.5) is 0 Å². The van der Waals surface area contributed by atoms with E-state index in [-0.39, 0.29) is 31.8 Å². The Labute approximate surface area is 120 Å². The monoisotopic (exact) mass is 305 g/mol. The Hall–Kier alpha value is -2.43. The van der Waals surface area contributed by atoms with Crippen molar-refractivity contribution in [3.05, 3.63) is 10.1 Å². The first kappa shape index (κ1) is 18.6. The number of carboxylic acids is 1. The summed E-state index contributed by atoms with van der Waals surface area (Å²) < 4.78 is 0. The molecule has 0 aromatic heterocycles. The lowest BCUT2D eigenvalue weighted by molar-refractivity contribution is -0.757. The van der Waals surface area contributed by atoms with Crippen LogP contribution in [-0.4, -0.2) is 47.2 Å². The first-order valence-electron chi connectivity index (χ1n) is 6.21. The molecule has 1 amide bonds. The highest BCUT2D eigenvalue weighted by Crippen LogP contribution is 1.93. The van der Waals surface area contributed by atoms with Crippen molar-refractivity contribution < 1.29 is 24.6 Å². The molecule has 1 atom stereocenters. The Balaban J connectivity index is 3.62. The van der Waals surface area contributed by atoms with Gasteiger partial charge in [-0.3, -0.25) is 20.3 Å². The van der Waals surface area contributed by atoms with E-state index in [1.807, 2.05) is 0 Å². The molecule has 0 aromatic rings. The number of carboxylic acid groups (broad SMARTS) is 1. The molecular weight excluding hydrogens is 286 g/mol. The maximum Gasteiger partial charge on any atom is 0.320 e. The van der Waals surface area contributed by atoms with E-state index >= 15 is 0 Å². The zero-order chi connectivity index (χ0) is 16.3. The van der Waals surface area contributed by atoms with Gasteiger partial charge in [-0.2, -0.15) is 0 Å². The minimum absolute atomic E-state index is 0.0121. The van der Waals surface area contributed by atoms with E-state index in [9.17, 15) is 19.7 Å². The van der Waals surface area contributed by atoms with Gasteiger partial charge < -0.3 is 21.0 Å². The van der Waals surface area contributed by atoms with E-state index in [0.717, 1.165) is 0 Å². The summed E-state index contributed by atoms with van der Waals surface area (Å²) in [5.41, 5.74) is 5.29. The van der Waals surface area contributed by atoms with Crippen molar-refractivity contribution in [2.75, 3.05) is 13.2 Å². The molecule has 0 radical (unpaired) electrons. The molecule has 21 heavy (non-hydrogen) atoms. The molecule has 0 saturated carbocycles. The molecule has 6 N–H and O–H groups in total. The van der Waals surface area contributed by atoms with Crippen molar-refractivity contribution in [3.63, 3.8) is 0 Å². The Morgan fingerprint density at radius 3 is 2.67 bits per heavy atom. The van der Waals surface area contributed by atoms with Gasteiger partial charge in [-0.15, -0.1) is 10.1 Å². The Morgan fingerprint density at radius 2 is 2.10 bits per heavy atom. The number of nitrogens with one attached hydrogen (secondary N) is 3. The molecule has 0 spiro atoms. The topological polar surface area (TPSA) is 181 Å². The number of nitrogens with zero attached hydrogens (tertiary/aromatic N) is 1. The van der Waals surface area contributed by atoms with Crippen LogP contribution in [0, 0.1) is 15.5 Å². The maximum absolute atomic E-state index is 11.3. The summed E-state index contributed by atoms with van der Waals surface area (Å²) in [4.78, 5) is 35.6. The molecule has 0 saturated heterocycles. The summed E-state index contributed by atoms with van der Waals surface area (Å²) in [5, 5.41) is 29.7. The Morgan fingerprint density at radius 1 is 1.43 bits per heavy atom. The zero-order valence-corrected chi connectivity index (χ0v) is 11.3. The molecular formula is C10H19N5O6. The highest BCUT2D eigenvalue weighted by Gasteiger charge is 2.10. The van der Waals surface area contributed by atoms with E-state index in [0.29, 0.717) is 13.0 Å². The van der Waals surface area contributed by atoms with Crippen LogP contribution in [0.25, 0.3) is 0 Å². The van der Waals surface area contributed by atoms with E-state index in [4.69, 9.17) is 16.2 Å². The summed E-state index contributed by atoms with van der Waals surface area (Å²) >= 11 is 0. The number of rotatable bonds is 10. The van der Waals surface area contributed by atoms with Crippen LogP contribution in [0.5, 0.6) is 0 Å². The molecule has 11 heteroatoms. The van der Waals surface area contributed by atoms with Crippen molar-refractivity contribution in [2.24, 2.45) is 5.73 Å². The molecule has 1 unspecified atom stereocenters. The van der Waals surface area contributed by atoms with Gasteiger partial charge in [0, 0.05) is 13.0 Å². The van der Waals surface area contributed by atoms with E-state index in [1.165, 1.54) is 0 Å². The molecule has 0 aliphatic heterocycles. The van der Waals surface area contributed by atoms with Crippen LogP contribution < -0.4 is 16.4 Å². The van der Waals surface area contributed by atoms with Gasteiger partial charge in [-0.05, 0) is 19.3 Å². The van der Waals surface area contributed by atoms with Crippen molar-refractivity contribution in [1.82, 2.24) is 10.6 Å². The predicted octanol–water partition coefficient (Wildman–Crippen LogP) is -1.19. The fourth-order valence-electron chi connectivity index (χ4n) is 1.28. The van der Waals surface area contributed by atoms with Crippen LogP contribution in [0.3, 0.4) is 0 Å². The number of carbonyl (C=O) groups is 2. The fourth-order valence-corrected chi connectivity index (χ4v) is 1.28. The average Bonchev–Trinajstić information content (AvgIpc) is 2.39. The third kappa shape index (κ3) is 11.1. The molecule has 0 rings (SSSR count). The van der Waals surface area contributed by atoms with Crippen molar-refractivity contribution in [3.8, 4) is 0 Å². The lowest BCUT2D eigenvalue weighted by atomic mass is 10.2. The highest BCUT2D eigenvalue weighted by atomic mass is 16.9. The van der Waals surface area contributed by atoms with Gasteiger partial charge in [-0.25, -0.2) is 0 Å². The minimum Gasteiger partial charge on any atom is -0.480 e. The molecule has 0 heterocycles. The molecule has 0 bridgehead atoms. The molecule has 0 aliphatic rings.